The van der Waals surface area contributed by atoms with Crippen LogP contribution < -0.4 is 16.0 Å². The van der Waals surface area contributed by atoms with E-state index in [1.54, 1.807) is 10.4 Å². The Balaban J connectivity index is 1.27. The number of fused-ring (bicyclic) bond motifs is 2. The van der Waals surface area contributed by atoms with Crippen molar-refractivity contribution < 1.29 is 17.7 Å². The smallest absolute Gasteiger partial charge is 0.273 e. The van der Waals surface area contributed by atoms with Crippen LogP contribution in [-0.2, 0) is 10.0 Å². The van der Waals surface area contributed by atoms with Crippen LogP contribution in [0.1, 0.15) is 67.1 Å². The van der Waals surface area contributed by atoms with Crippen LogP contribution in [0.3, 0.4) is 0 Å². The van der Waals surface area contributed by atoms with Crippen LogP contribution in [0, 0.1) is 0 Å². The van der Waals surface area contributed by atoms with Crippen molar-refractivity contribution in [2.24, 2.45) is 0 Å². The number of carbonyl (C=O) groups is 1. The van der Waals surface area contributed by atoms with Crippen LogP contribution in [-0.4, -0.2) is 74.3 Å². The van der Waals surface area contributed by atoms with Gasteiger partial charge in [-0.2, -0.15) is 4.31 Å². The first-order valence-electron chi connectivity index (χ1n) is 11.1. The van der Waals surface area contributed by atoms with Gasteiger partial charge in [0, 0.05) is 43.2 Å². The fourth-order valence-electron chi connectivity index (χ4n) is 4.75. The lowest BCUT2D eigenvalue weighted by Crippen LogP contribution is -2.53. The summed E-state index contributed by atoms with van der Waals surface area (Å²) < 4.78 is 32.9. The van der Waals surface area contributed by atoms with Gasteiger partial charge in [0.15, 0.2) is 5.69 Å². The summed E-state index contributed by atoms with van der Waals surface area (Å²) in [5, 5.41) is 13.3. The van der Waals surface area contributed by atoms with Crippen molar-refractivity contribution in [1.82, 2.24) is 25.4 Å². The van der Waals surface area contributed by atoms with E-state index in [1.165, 1.54) is 0 Å². The Bertz CT molecular complexity index is 824. The highest BCUT2D eigenvalue weighted by Gasteiger charge is 2.46. The van der Waals surface area contributed by atoms with Crippen molar-refractivity contribution in [2.75, 3.05) is 32.4 Å². The Hall–Kier alpha value is -1.49. The van der Waals surface area contributed by atoms with Gasteiger partial charge in [-0.15, -0.1) is 0 Å². The Kier molecular flexibility index (Phi) is 6.76. The van der Waals surface area contributed by atoms with Crippen molar-refractivity contribution >= 4 is 15.9 Å². The average Bonchev–Trinajstić information content (AvgIpc) is 3.36. The number of hydrogen-bond donors (Lipinski definition) is 3. The van der Waals surface area contributed by atoms with Crippen LogP contribution in [0.25, 0.3) is 0 Å². The molecule has 0 spiro atoms. The van der Waals surface area contributed by atoms with E-state index in [0.717, 1.165) is 44.5 Å². The molecule has 1 amide bonds. The van der Waals surface area contributed by atoms with E-state index in [2.05, 4.69) is 21.1 Å². The molecule has 1 aromatic rings. The predicted molar refractivity (Wildman–Crippen MR) is 113 cm³/mol. The van der Waals surface area contributed by atoms with Gasteiger partial charge < -0.3 is 20.5 Å². The molecule has 168 valence electrons. The van der Waals surface area contributed by atoms with E-state index in [4.69, 9.17) is 4.52 Å². The van der Waals surface area contributed by atoms with Crippen LogP contribution in [0.2, 0.25) is 0 Å². The lowest BCUT2D eigenvalue weighted by molar-refractivity contribution is 0.0900. The second kappa shape index (κ2) is 9.33. The predicted octanol–water partition coefficient (Wildman–Crippen LogP) is 0.806. The molecule has 2 aliphatic heterocycles. The van der Waals surface area contributed by atoms with Crippen LogP contribution in [0.4, 0.5) is 0 Å². The second-order valence-electron chi connectivity index (χ2n) is 8.77. The van der Waals surface area contributed by atoms with Gasteiger partial charge in [-0.05, 0) is 58.5 Å². The average molecular weight is 440 g/mol. The van der Waals surface area contributed by atoms with Gasteiger partial charge in [-0.25, -0.2) is 8.42 Å². The first-order chi connectivity index (χ1) is 14.5. The summed E-state index contributed by atoms with van der Waals surface area (Å²) >= 11 is 0. The molecule has 0 radical (unpaired) electrons. The van der Waals surface area contributed by atoms with Crippen molar-refractivity contribution in [3.05, 3.63) is 17.5 Å². The molecule has 2 bridgehead atoms. The van der Waals surface area contributed by atoms with Crippen LogP contribution >= 0.6 is 0 Å². The van der Waals surface area contributed by atoms with E-state index >= 15 is 0 Å². The van der Waals surface area contributed by atoms with E-state index < -0.39 is 10.0 Å². The number of aromatic nitrogens is 1. The number of piperidine rings is 1. The molecule has 3 heterocycles. The SMILES string of the molecule is CNCCNCCCS(=O)(=O)N1[C@@H]2CC[C@H]1CC(NC(=O)c1cc(C3CC3)on1)C2. The number of rotatable bonds is 11. The molecule has 1 aliphatic carbocycles. The summed E-state index contributed by atoms with van der Waals surface area (Å²) in [5.74, 6) is 1.16. The summed E-state index contributed by atoms with van der Waals surface area (Å²) in [6.07, 6.45) is 5.86. The van der Waals surface area contributed by atoms with E-state index in [0.29, 0.717) is 37.4 Å². The molecule has 4 rings (SSSR count). The third-order valence-corrected chi connectivity index (χ3v) is 8.41. The zero-order chi connectivity index (χ0) is 21.1. The number of nitrogens with zero attached hydrogens (tertiary/aromatic N) is 2. The molecule has 10 heteroatoms. The molecule has 1 unspecified atom stereocenters. The molecule has 2 saturated heterocycles. The highest BCUT2D eigenvalue weighted by atomic mass is 32.2. The zero-order valence-corrected chi connectivity index (χ0v) is 18.4. The van der Waals surface area contributed by atoms with Gasteiger partial charge >= 0.3 is 0 Å². The molecule has 3 aliphatic rings. The molecule has 0 aromatic carbocycles. The van der Waals surface area contributed by atoms with Crippen LogP contribution in [0.15, 0.2) is 10.6 Å². The monoisotopic (exact) mass is 439 g/mol. The summed E-state index contributed by atoms with van der Waals surface area (Å²) in [7, 11) is -1.38. The number of carbonyl (C=O) groups excluding carboxylic acids is 1. The van der Waals surface area contributed by atoms with Gasteiger partial charge in [0.05, 0.1) is 5.75 Å². The highest BCUT2D eigenvalue weighted by Crippen LogP contribution is 2.40. The minimum atomic E-state index is -3.28. The Morgan fingerprint density at radius 2 is 1.90 bits per heavy atom. The summed E-state index contributed by atoms with van der Waals surface area (Å²) in [4.78, 5) is 12.6. The zero-order valence-electron chi connectivity index (χ0n) is 17.6. The molecule has 1 saturated carbocycles. The van der Waals surface area contributed by atoms with E-state index in [9.17, 15) is 13.2 Å². The molecule has 30 heavy (non-hydrogen) atoms. The molecular formula is C20H33N5O4S. The molecule has 1 aromatic heterocycles. The Labute approximate surface area is 178 Å². The third-order valence-electron chi connectivity index (χ3n) is 6.37. The number of sulfonamides is 1. The Morgan fingerprint density at radius 3 is 2.57 bits per heavy atom. The fourth-order valence-corrected chi connectivity index (χ4v) is 6.76. The summed E-state index contributed by atoms with van der Waals surface area (Å²) in [5.41, 5.74) is 0.324. The Morgan fingerprint density at radius 1 is 1.17 bits per heavy atom. The lowest BCUT2D eigenvalue weighted by atomic mass is 9.99. The highest BCUT2D eigenvalue weighted by molar-refractivity contribution is 7.89. The van der Waals surface area contributed by atoms with Gasteiger partial charge in [0.25, 0.3) is 5.91 Å². The number of hydrogen-bond acceptors (Lipinski definition) is 7. The second-order valence-corrected chi connectivity index (χ2v) is 10.8. The maximum Gasteiger partial charge on any atom is 0.273 e. The maximum atomic E-state index is 12.9. The minimum Gasteiger partial charge on any atom is -0.360 e. The van der Waals surface area contributed by atoms with Crippen molar-refractivity contribution in [3.63, 3.8) is 0 Å². The normalized spacial score (nSPS) is 26.8. The molecule has 3 fully saturated rings. The number of amides is 1. The topological polar surface area (TPSA) is 117 Å². The van der Waals surface area contributed by atoms with Gasteiger partial charge in [0.2, 0.25) is 10.0 Å². The molecule has 9 nitrogen and oxygen atoms in total. The van der Waals surface area contributed by atoms with Gasteiger partial charge in [-0.1, -0.05) is 5.16 Å². The summed E-state index contributed by atoms with van der Waals surface area (Å²) in [6, 6.07) is 1.68. The largest absolute Gasteiger partial charge is 0.360 e. The lowest BCUT2D eigenvalue weighted by Gasteiger charge is -2.38. The van der Waals surface area contributed by atoms with E-state index in [1.807, 2.05) is 7.05 Å². The van der Waals surface area contributed by atoms with Crippen molar-refractivity contribution in [2.45, 2.75) is 69.0 Å². The molecule has 3 N–H and O–H groups in total. The van der Waals surface area contributed by atoms with Crippen LogP contribution in [0.5, 0.6) is 0 Å². The van der Waals surface area contributed by atoms with Gasteiger partial charge in [-0.3, -0.25) is 4.79 Å². The first kappa shape index (κ1) is 21.7. The standard InChI is InChI=1S/C20H33N5O4S/c1-21-8-9-22-7-2-10-30(27,28)25-16-5-6-17(25)12-15(11-16)23-20(26)18-13-19(29-24-18)14-3-4-14/h13-17,21-22H,2-12H2,1H3,(H,23,26)/t15?,16-,17+. The van der Waals surface area contributed by atoms with E-state index in [-0.39, 0.29) is 29.8 Å². The minimum absolute atomic E-state index is 0.0179. The molecular weight excluding hydrogens is 406 g/mol. The van der Waals surface area contributed by atoms with Crippen molar-refractivity contribution in [1.29, 1.82) is 0 Å². The third kappa shape index (κ3) is 5.04. The molecule has 3 atom stereocenters. The van der Waals surface area contributed by atoms with Gasteiger partial charge in [0.1, 0.15) is 5.76 Å². The number of nitrogens with one attached hydrogen (secondary N) is 3. The number of likely N-dealkylation sites (N-methyl/N-ethyl adjacent to an activating group) is 1. The maximum absolute atomic E-state index is 12.9. The fraction of sp³-hybridized carbons (Fsp3) is 0.800. The summed E-state index contributed by atoms with van der Waals surface area (Å²) in [6.45, 7) is 2.40. The first-order valence-corrected chi connectivity index (χ1v) is 12.7. The quantitative estimate of drug-likeness (QED) is 0.437. The van der Waals surface area contributed by atoms with Crippen molar-refractivity contribution in [3.8, 4) is 0 Å².